The van der Waals surface area contributed by atoms with E-state index in [4.69, 9.17) is 9.47 Å². The zero-order valence-corrected chi connectivity index (χ0v) is 21.0. The van der Waals surface area contributed by atoms with Gasteiger partial charge in [-0.2, -0.15) is 0 Å². The Morgan fingerprint density at radius 2 is 1.71 bits per heavy atom. The van der Waals surface area contributed by atoms with E-state index in [2.05, 4.69) is 5.32 Å². The number of halogens is 1. The topological polar surface area (TPSA) is 105 Å². The lowest BCUT2D eigenvalue weighted by atomic mass is 10.1. The number of ether oxygens (including phenoxy) is 2. The van der Waals surface area contributed by atoms with Gasteiger partial charge in [0.1, 0.15) is 31.6 Å². The fourth-order valence-corrected chi connectivity index (χ4v) is 4.44. The molecule has 0 saturated carbocycles. The average molecular weight is 508 g/mol. The molecule has 2 amide bonds. The molecule has 1 aliphatic rings. The molecule has 1 atom stereocenters. The second-order valence-electron chi connectivity index (χ2n) is 8.55. The van der Waals surface area contributed by atoms with E-state index in [9.17, 15) is 22.4 Å². The number of carbonyl (C=O) groups excluding carboxylic acids is 2. The minimum atomic E-state index is -3.90. The van der Waals surface area contributed by atoms with E-state index in [1.54, 1.807) is 26.0 Å². The van der Waals surface area contributed by atoms with Crippen LogP contribution in [0, 0.1) is 5.82 Å². The maximum Gasteiger partial charge on any atom is 0.244 e. The summed E-state index contributed by atoms with van der Waals surface area (Å²) in [6.07, 6.45) is 0.979. The van der Waals surface area contributed by atoms with E-state index in [1.165, 1.54) is 42.2 Å². The molecule has 0 saturated heterocycles. The molecule has 2 aromatic rings. The molecule has 0 unspecified atom stereocenters. The fourth-order valence-electron chi connectivity index (χ4n) is 3.60. The van der Waals surface area contributed by atoms with Crippen LogP contribution in [0.15, 0.2) is 42.5 Å². The van der Waals surface area contributed by atoms with Crippen LogP contribution in [-0.4, -0.2) is 63.2 Å². The number of nitrogens with one attached hydrogen (secondary N) is 1. The number of benzene rings is 2. The van der Waals surface area contributed by atoms with Gasteiger partial charge in [-0.3, -0.25) is 13.9 Å². The van der Waals surface area contributed by atoms with Gasteiger partial charge in [0, 0.05) is 24.2 Å². The summed E-state index contributed by atoms with van der Waals surface area (Å²) in [5, 5.41) is 2.74. The largest absolute Gasteiger partial charge is 0.486 e. The summed E-state index contributed by atoms with van der Waals surface area (Å²) < 4.78 is 51.7. The van der Waals surface area contributed by atoms with Gasteiger partial charge in [0.2, 0.25) is 21.8 Å². The Balaban J connectivity index is 1.93. The van der Waals surface area contributed by atoms with Gasteiger partial charge in [0.15, 0.2) is 11.5 Å². The fraction of sp³-hybridized carbons (Fsp3) is 0.417. The Bertz CT molecular complexity index is 1190. The number of carbonyl (C=O) groups is 2. The molecular weight excluding hydrogens is 477 g/mol. The summed E-state index contributed by atoms with van der Waals surface area (Å²) in [5.41, 5.74) is 0.408. The van der Waals surface area contributed by atoms with Gasteiger partial charge >= 0.3 is 0 Å². The normalized spacial score (nSPS) is 13.8. The maximum absolute atomic E-state index is 14.4. The number of hydrogen-bond donors (Lipinski definition) is 1. The molecule has 1 aliphatic heterocycles. The Kier molecular flexibility index (Phi) is 8.21. The van der Waals surface area contributed by atoms with Crippen molar-refractivity contribution < 1.29 is 31.9 Å². The zero-order valence-electron chi connectivity index (χ0n) is 20.2. The van der Waals surface area contributed by atoms with E-state index in [0.29, 0.717) is 24.7 Å². The lowest BCUT2D eigenvalue weighted by Crippen LogP contribution is -2.52. The van der Waals surface area contributed by atoms with Gasteiger partial charge < -0.3 is 19.7 Å². The van der Waals surface area contributed by atoms with Crippen molar-refractivity contribution >= 4 is 27.5 Å². The van der Waals surface area contributed by atoms with Crippen molar-refractivity contribution in [3.05, 3.63) is 53.8 Å². The number of sulfonamides is 1. The molecule has 0 aliphatic carbocycles. The first kappa shape index (κ1) is 26.3. The number of fused-ring (bicyclic) bond motifs is 1. The monoisotopic (exact) mass is 507 g/mol. The number of hydrogen-bond acceptors (Lipinski definition) is 6. The Morgan fingerprint density at radius 1 is 1.06 bits per heavy atom. The van der Waals surface area contributed by atoms with Gasteiger partial charge in [-0.15, -0.1) is 0 Å². The quantitative estimate of drug-likeness (QED) is 0.559. The number of rotatable bonds is 9. The first-order valence-electron chi connectivity index (χ1n) is 11.2. The third-order valence-electron chi connectivity index (χ3n) is 5.39. The second-order valence-corrected chi connectivity index (χ2v) is 10.5. The van der Waals surface area contributed by atoms with E-state index in [-0.39, 0.29) is 23.8 Å². The summed E-state index contributed by atoms with van der Waals surface area (Å²) in [5.74, 6) is -0.800. The molecule has 9 nitrogen and oxygen atoms in total. The summed E-state index contributed by atoms with van der Waals surface area (Å²) in [7, 11) is -3.90. The summed E-state index contributed by atoms with van der Waals surface area (Å²) >= 11 is 0. The molecule has 3 rings (SSSR count). The molecule has 2 aromatic carbocycles. The Morgan fingerprint density at radius 3 is 2.34 bits per heavy atom. The molecule has 0 spiro atoms. The second kappa shape index (κ2) is 10.9. The van der Waals surface area contributed by atoms with Crippen LogP contribution in [0.5, 0.6) is 11.5 Å². The predicted octanol–water partition coefficient (Wildman–Crippen LogP) is 2.30. The van der Waals surface area contributed by atoms with Crippen LogP contribution >= 0.6 is 0 Å². The smallest absolute Gasteiger partial charge is 0.244 e. The summed E-state index contributed by atoms with van der Waals surface area (Å²) in [6, 6.07) is 9.32. The highest BCUT2D eigenvalue weighted by Gasteiger charge is 2.31. The molecule has 0 fully saturated rings. The van der Waals surface area contributed by atoms with Gasteiger partial charge in [-0.1, -0.05) is 18.2 Å². The van der Waals surface area contributed by atoms with Crippen molar-refractivity contribution in [1.82, 2.24) is 10.2 Å². The van der Waals surface area contributed by atoms with Crippen LogP contribution < -0.4 is 19.1 Å². The molecule has 11 heteroatoms. The first-order chi connectivity index (χ1) is 16.5. The van der Waals surface area contributed by atoms with Crippen molar-refractivity contribution in [3.63, 3.8) is 0 Å². The maximum atomic E-state index is 14.4. The van der Waals surface area contributed by atoms with E-state index in [1.807, 2.05) is 0 Å². The third-order valence-corrected chi connectivity index (χ3v) is 6.53. The SMILES string of the molecule is CC(C)NC(=O)[C@H](C)N(Cc1ccccc1F)C(=O)CN(c1ccc2c(c1)OCCO2)S(C)(=O)=O. The van der Waals surface area contributed by atoms with Crippen LogP contribution in [0.3, 0.4) is 0 Å². The summed E-state index contributed by atoms with van der Waals surface area (Å²) in [4.78, 5) is 27.4. The van der Waals surface area contributed by atoms with Crippen molar-refractivity contribution in [3.8, 4) is 11.5 Å². The van der Waals surface area contributed by atoms with Crippen LogP contribution in [-0.2, 0) is 26.2 Å². The van der Waals surface area contributed by atoms with E-state index < -0.39 is 40.2 Å². The van der Waals surface area contributed by atoms with Crippen molar-refractivity contribution in [2.45, 2.75) is 39.4 Å². The standard InChI is InChI=1S/C24H30FN3O6S/c1-16(2)26-24(30)17(3)27(14-18-7-5-6-8-20(18)25)23(29)15-28(35(4,31)32)19-9-10-21-22(13-19)34-12-11-33-21/h5-10,13,16-17H,11-12,14-15H2,1-4H3,(H,26,30)/t17-/m0/s1. The number of anilines is 1. The lowest BCUT2D eigenvalue weighted by molar-refractivity contribution is -0.139. The van der Waals surface area contributed by atoms with Crippen LogP contribution in [0.4, 0.5) is 10.1 Å². The molecular formula is C24H30FN3O6S. The average Bonchev–Trinajstić information content (AvgIpc) is 2.80. The van der Waals surface area contributed by atoms with E-state index >= 15 is 0 Å². The molecule has 0 aromatic heterocycles. The van der Waals surface area contributed by atoms with Crippen molar-refractivity contribution in [2.24, 2.45) is 0 Å². The number of amides is 2. The molecule has 35 heavy (non-hydrogen) atoms. The van der Waals surface area contributed by atoms with Gasteiger partial charge in [-0.05, 0) is 39.0 Å². The van der Waals surface area contributed by atoms with Gasteiger partial charge in [0.05, 0.1) is 11.9 Å². The first-order valence-corrected chi connectivity index (χ1v) is 13.0. The van der Waals surface area contributed by atoms with Gasteiger partial charge in [0.25, 0.3) is 0 Å². The Hall–Kier alpha value is -3.34. The van der Waals surface area contributed by atoms with Gasteiger partial charge in [-0.25, -0.2) is 12.8 Å². The predicted molar refractivity (Wildman–Crippen MR) is 129 cm³/mol. The van der Waals surface area contributed by atoms with Crippen molar-refractivity contribution in [2.75, 3.05) is 30.3 Å². The molecule has 0 radical (unpaired) electrons. The van der Waals surface area contributed by atoms with E-state index in [0.717, 1.165) is 10.6 Å². The Labute approximate surface area is 204 Å². The summed E-state index contributed by atoms with van der Waals surface area (Å²) in [6.45, 7) is 4.96. The molecule has 0 bridgehead atoms. The zero-order chi connectivity index (χ0) is 25.8. The molecule has 1 heterocycles. The third kappa shape index (κ3) is 6.62. The highest BCUT2D eigenvalue weighted by molar-refractivity contribution is 7.92. The highest BCUT2D eigenvalue weighted by atomic mass is 32.2. The van der Waals surface area contributed by atoms with Crippen LogP contribution in [0.2, 0.25) is 0 Å². The lowest BCUT2D eigenvalue weighted by Gasteiger charge is -2.32. The molecule has 1 N–H and O–H groups in total. The molecule has 190 valence electrons. The number of nitrogens with zero attached hydrogens (tertiary/aromatic N) is 2. The minimum Gasteiger partial charge on any atom is -0.486 e. The van der Waals surface area contributed by atoms with Crippen molar-refractivity contribution in [1.29, 1.82) is 0 Å². The highest BCUT2D eigenvalue weighted by Crippen LogP contribution is 2.34. The van der Waals surface area contributed by atoms with Crippen LogP contribution in [0.1, 0.15) is 26.3 Å². The van der Waals surface area contributed by atoms with Crippen LogP contribution in [0.25, 0.3) is 0 Å². The minimum absolute atomic E-state index is 0.180.